The Hall–Kier alpha value is -1.35. The average molecular weight is 233 g/mol. The van der Waals surface area contributed by atoms with Crippen LogP contribution in [0.15, 0.2) is 18.2 Å². The van der Waals surface area contributed by atoms with E-state index < -0.39 is 17.4 Å². The van der Waals surface area contributed by atoms with Crippen molar-refractivity contribution in [3.8, 4) is 0 Å². The van der Waals surface area contributed by atoms with Gasteiger partial charge in [0.1, 0.15) is 6.04 Å². The second kappa shape index (κ2) is 4.15. The first kappa shape index (κ1) is 12.1. The van der Waals surface area contributed by atoms with Crippen molar-refractivity contribution in [1.29, 1.82) is 0 Å². The highest BCUT2D eigenvalue weighted by Gasteiger charge is 2.36. The van der Waals surface area contributed by atoms with Crippen molar-refractivity contribution >= 4 is 5.97 Å². The van der Waals surface area contributed by atoms with E-state index in [0.717, 1.165) is 24.8 Å². The number of aliphatic carboxylic acids is 1. The Bertz CT molecular complexity index is 452. The fourth-order valence-corrected chi connectivity index (χ4v) is 2.70. The van der Waals surface area contributed by atoms with Gasteiger partial charge in [-0.25, -0.2) is 0 Å². The van der Waals surface area contributed by atoms with Crippen molar-refractivity contribution < 1.29 is 9.90 Å². The van der Waals surface area contributed by atoms with E-state index in [-0.39, 0.29) is 0 Å². The predicted octanol–water partition coefficient (Wildman–Crippen LogP) is 1.86. The molecule has 0 saturated heterocycles. The number of benzene rings is 1. The largest absolute Gasteiger partial charge is 0.480 e. The van der Waals surface area contributed by atoms with E-state index in [9.17, 15) is 4.79 Å². The number of hydrogen-bond donors (Lipinski definition) is 2. The van der Waals surface area contributed by atoms with Crippen molar-refractivity contribution in [3.63, 3.8) is 0 Å². The predicted molar refractivity (Wildman–Crippen MR) is 67.1 cm³/mol. The maximum atomic E-state index is 11.1. The van der Waals surface area contributed by atoms with Gasteiger partial charge in [0.2, 0.25) is 0 Å². The van der Waals surface area contributed by atoms with Crippen molar-refractivity contribution in [1.82, 2.24) is 0 Å². The maximum absolute atomic E-state index is 11.1. The zero-order chi connectivity index (χ0) is 12.6. The van der Waals surface area contributed by atoms with Gasteiger partial charge in [-0.3, -0.25) is 4.79 Å². The van der Waals surface area contributed by atoms with Gasteiger partial charge in [-0.05, 0) is 36.0 Å². The van der Waals surface area contributed by atoms with E-state index >= 15 is 0 Å². The first-order chi connectivity index (χ1) is 7.94. The molecule has 0 aromatic heterocycles. The molecule has 3 heteroatoms. The summed E-state index contributed by atoms with van der Waals surface area (Å²) < 4.78 is 0. The van der Waals surface area contributed by atoms with Crippen LogP contribution in [0.1, 0.15) is 37.0 Å². The Kier molecular flexibility index (Phi) is 2.96. The number of hydrogen-bond acceptors (Lipinski definition) is 2. The van der Waals surface area contributed by atoms with Gasteiger partial charge in [-0.15, -0.1) is 0 Å². The number of carbonyl (C=O) groups is 1. The van der Waals surface area contributed by atoms with Crippen molar-refractivity contribution in [2.24, 2.45) is 5.73 Å². The van der Waals surface area contributed by atoms with E-state index in [0.29, 0.717) is 0 Å². The summed E-state index contributed by atoms with van der Waals surface area (Å²) >= 11 is 0. The second-order valence-corrected chi connectivity index (χ2v) is 5.33. The molecular formula is C14H19NO2. The van der Waals surface area contributed by atoms with Crippen LogP contribution in [0.25, 0.3) is 0 Å². The van der Waals surface area contributed by atoms with Crippen LogP contribution in [0.4, 0.5) is 0 Å². The molecule has 0 saturated carbocycles. The lowest BCUT2D eigenvalue weighted by Crippen LogP contribution is -2.47. The molecule has 2 rings (SSSR count). The van der Waals surface area contributed by atoms with E-state index in [1.807, 2.05) is 26.0 Å². The van der Waals surface area contributed by atoms with Crippen molar-refractivity contribution in [3.05, 3.63) is 34.9 Å². The third-order valence-electron chi connectivity index (χ3n) is 3.88. The monoisotopic (exact) mass is 233 g/mol. The highest BCUT2D eigenvalue weighted by molar-refractivity contribution is 5.76. The summed E-state index contributed by atoms with van der Waals surface area (Å²) in [5, 5.41) is 9.10. The molecule has 0 fully saturated rings. The topological polar surface area (TPSA) is 63.3 Å². The molecular weight excluding hydrogens is 214 g/mol. The lowest BCUT2D eigenvalue weighted by atomic mass is 9.75. The number of carboxylic acid groups (broad SMARTS) is 1. The molecule has 0 spiro atoms. The van der Waals surface area contributed by atoms with Gasteiger partial charge in [0, 0.05) is 5.41 Å². The lowest BCUT2D eigenvalue weighted by Gasteiger charge is -2.31. The molecule has 1 aliphatic carbocycles. The summed E-state index contributed by atoms with van der Waals surface area (Å²) in [5.41, 5.74) is 9.06. The minimum Gasteiger partial charge on any atom is -0.480 e. The zero-order valence-corrected chi connectivity index (χ0v) is 10.4. The third kappa shape index (κ3) is 1.95. The number of aryl methyl sites for hydroxylation is 1. The average Bonchev–Trinajstić information content (AvgIpc) is 2.75. The first-order valence-electron chi connectivity index (χ1n) is 6.04. The molecule has 1 atom stereocenters. The van der Waals surface area contributed by atoms with E-state index in [1.165, 1.54) is 11.1 Å². The van der Waals surface area contributed by atoms with Gasteiger partial charge in [0.15, 0.2) is 0 Å². The molecule has 3 nitrogen and oxygen atoms in total. The second-order valence-electron chi connectivity index (χ2n) is 5.33. The summed E-state index contributed by atoms with van der Waals surface area (Å²) in [7, 11) is 0. The first-order valence-corrected chi connectivity index (χ1v) is 6.04. The summed E-state index contributed by atoms with van der Waals surface area (Å²) in [6, 6.07) is 5.30. The van der Waals surface area contributed by atoms with Crippen molar-refractivity contribution in [2.45, 2.75) is 44.6 Å². The molecule has 92 valence electrons. The van der Waals surface area contributed by atoms with Crippen LogP contribution in [0, 0.1) is 0 Å². The summed E-state index contributed by atoms with van der Waals surface area (Å²) in [4.78, 5) is 11.1. The Morgan fingerprint density at radius 3 is 2.76 bits per heavy atom. The lowest BCUT2D eigenvalue weighted by molar-refractivity contribution is -0.140. The van der Waals surface area contributed by atoms with Crippen LogP contribution < -0.4 is 5.73 Å². The molecule has 1 aromatic rings. The van der Waals surface area contributed by atoms with Gasteiger partial charge in [-0.2, -0.15) is 0 Å². The van der Waals surface area contributed by atoms with Crippen LogP contribution in [-0.2, 0) is 23.1 Å². The van der Waals surface area contributed by atoms with Gasteiger partial charge >= 0.3 is 5.97 Å². The summed E-state index contributed by atoms with van der Waals surface area (Å²) in [6.45, 7) is 3.83. The number of rotatable bonds is 3. The smallest absolute Gasteiger partial charge is 0.321 e. The minimum absolute atomic E-state index is 0.526. The van der Waals surface area contributed by atoms with E-state index in [2.05, 4.69) is 6.07 Å². The molecule has 0 heterocycles. The highest BCUT2D eigenvalue weighted by Crippen LogP contribution is 2.35. The Labute approximate surface area is 102 Å². The highest BCUT2D eigenvalue weighted by atomic mass is 16.4. The van der Waals surface area contributed by atoms with Crippen LogP contribution in [-0.4, -0.2) is 17.1 Å². The van der Waals surface area contributed by atoms with Crippen LogP contribution in [0.3, 0.4) is 0 Å². The van der Waals surface area contributed by atoms with Crippen molar-refractivity contribution in [2.75, 3.05) is 0 Å². The minimum atomic E-state index is -0.939. The number of carboxylic acids is 1. The van der Waals surface area contributed by atoms with Crippen LogP contribution >= 0.6 is 0 Å². The molecule has 0 amide bonds. The Morgan fingerprint density at radius 2 is 2.12 bits per heavy atom. The zero-order valence-electron chi connectivity index (χ0n) is 10.4. The maximum Gasteiger partial charge on any atom is 0.321 e. The fourth-order valence-electron chi connectivity index (χ4n) is 2.70. The molecule has 0 bridgehead atoms. The SMILES string of the molecule is CC(C)(c1cccc2c1CCC2)C(N)C(=O)O. The van der Waals surface area contributed by atoms with Gasteiger partial charge < -0.3 is 10.8 Å². The van der Waals surface area contributed by atoms with Crippen LogP contribution in [0.5, 0.6) is 0 Å². The number of fused-ring (bicyclic) bond motifs is 1. The number of nitrogens with two attached hydrogens (primary N) is 1. The fraction of sp³-hybridized carbons (Fsp3) is 0.500. The quantitative estimate of drug-likeness (QED) is 0.837. The Morgan fingerprint density at radius 1 is 1.41 bits per heavy atom. The van der Waals surface area contributed by atoms with Gasteiger partial charge in [0.05, 0.1) is 0 Å². The molecule has 1 aromatic carbocycles. The standard InChI is InChI=1S/C14H19NO2/c1-14(2,12(15)13(16)17)11-8-4-6-9-5-3-7-10(9)11/h4,6,8,12H,3,5,7,15H2,1-2H3,(H,16,17). The molecule has 1 aliphatic rings. The summed E-state index contributed by atoms with van der Waals surface area (Å²) in [6.07, 6.45) is 3.30. The normalized spacial score (nSPS) is 16.6. The third-order valence-corrected chi connectivity index (χ3v) is 3.88. The van der Waals surface area contributed by atoms with Crippen LogP contribution in [0.2, 0.25) is 0 Å². The molecule has 17 heavy (non-hydrogen) atoms. The molecule has 0 aliphatic heterocycles. The molecule has 0 radical (unpaired) electrons. The van der Waals surface area contributed by atoms with Gasteiger partial charge in [0.25, 0.3) is 0 Å². The van der Waals surface area contributed by atoms with E-state index in [4.69, 9.17) is 10.8 Å². The summed E-state index contributed by atoms with van der Waals surface area (Å²) in [5.74, 6) is -0.939. The molecule has 3 N–H and O–H groups in total. The van der Waals surface area contributed by atoms with E-state index in [1.54, 1.807) is 0 Å². The molecule has 1 unspecified atom stereocenters. The van der Waals surface area contributed by atoms with Gasteiger partial charge in [-0.1, -0.05) is 32.0 Å². The Balaban J connectivity index is 2.47.